The van der Waals surface area contributed by atoms with Crippen LogP contribution < -0.4 is 10.9 Å². The van der Waals surface area contributed by atoms with E-state index in [-0.39, 0.29) is 17.9 Å². The summed E-state index contributed by atoms with van der Waals surface area (Å²) in [6, 6.07) is 14.4. The number of benzene rings is 2. The van der Waals surface area contributed by atoms with E-state index in [1.165, 1.54) is 6.92 Å². The minimum absolute atomic E-state index is 0.155. The Morgan fingerprint density at radius 1 is 1.03 bits per heavy atom. The summed E-state index contributed by atoms with van der Waals surface area (Å²) in [6.45, 7) is 5.59. The van der Waals surface area contributed by atoms with Gasteiger partial charge in [0.1, 0.15) is 0 Å². The number of esters is 1. The molecule has 1 heterocycles. The molecule has 1 atom stereocenters. The van der Waals surface area contributed by atoms with Crippen molar-refractivity contribution < 1.29 is 14.3 Å². The average Bonchev–Trinajstić information content (AvgIpc) is 2.70. The highest BCUT2D eigenvalue weighted by molar-refractivity contribution is 5.96. The second-order valence-electron chi connectivity index (χ2n) is 7.09. The minimum Gasteiger partial charge on any atom is -0.452 e. The van der Waals surface area contributed by atoms with Gasteiger partial charge < -0.3 is 10.1 Å². The molecule has 0 fully saturated rings. The van der Waals surface area contributed by atoms with Crippen molar-refractivity contribution in [1.29, 1.82) is 0 Å². The molecule has 29 heavy (non-hydrogen) atoms. The molecule has 3 rings (SSSR count). The fraction of sp³-hybridized carbons (Fsp3) is 0.273. The number of carbonyl (C=O) groups excluding carboxylic acids is 2. The topological polar surface area (TPSA) is 101 Å². The van der Waals surface area contributed by atoms with Crippen molar-refractivity contribution in [3.05, 3.63) is 70.1 Å². The van der Waals surface area contributed by atoms with Crippen LogP contribution in [0.2, 0.25) is 0 Å². The maximum Gasteiger partial charge on any atom is 0.312 e. The van der Waals surface area contributed by atoms with Gasteiger partial charge >= 0.3 is 5.97 Å². The van der Waals surface area contributed by atoms with E-state index in [0.717, 1.165) is 5.56 Å². The number of ether oxygens (including phenoxy) is 1. The Morgan fingerprint density at radius 3 is 2.41 bits per heavy atom. The van der Waals surface area contributed by atoms with E-state index in [2.05, 4.69) is 15.5 Å². The Morgan fingerprint density at radius 2 is 1.69 bits per heavy atom. The predicted molar refractivity (Wildman–Crippen MR) is 111 cm³/mol. The smallest absolute Gasteiger partial charge is 0.312 e. The summed E-state index contributed by atoms with van der Waals surface area (Å²) in [4.78, 5) is 36.7. The monoisotopic (exact) mass is 393 g/mol. The van der Waals surface area contributed by atoms with Gasteiger partial charge in [0.05, 0.1) is 17.5 Å². The Balaban J connectivity index is 1.68. The van der Waals surface area contributed by atoms with Gasteiger partial charge in [0.2, 0.25) is 0 Å². The number of fused-ring (bicyclic) bond motifs is 1. The van der Waals surface area contributed by atoms with Crippen LogP contribution in [0.4, 0.5) is 5.69 Å². The SMILES string of the molecule is CC(C)c1ccccc1NC(=O)[C@H](C)OC(=O)Cc1n[nH]c(=O)c2ccccc12. The van der Waals surface area contributed by atoms with E-state index in [1.807, 2.05) is 38.1 Å². The second kappa shape index (κ2) is 8.68. The van der Waals surface area contributed by atoms with Crippen LogP contribution in [0.25, 0.3) is 10.8 Å². The number of aromatic nitrogens is 2. The predicted octanol–water partition coefficient (Wildman–Crippen LogP) is 3.16. The number of nitrogens with one attached hydrogen (secondary N) is 2. The number of para-hydroxylation sites is 1. The highest BCUT2D eigenvalue weighted by atomic mass is 16.5. The molecule has 0 spiro atoms. The van der Waals surface area contributed by atoms with E-state index >= 15 is 0 Å². The lowest BCUT2D eigenvalue weighted by molar-refractivity contribution is -0.152. The molecule has 0 aliphatic rings. The summed E-state index contributed by atoms with van der Waals surface area (Å²) >= 11 is 0. The molecule has 7 heteroatoms. The van der Waals surface area contributed by atoms with Crippen LogP contribution in [0, 0.1) is 0 Å². The highest BCUT2D eigenvalue weighted by Crippen LogP contribution is 2.24. The summed E-state index contributed by atoms with van der Waals surface area (Å²) in [5.74, 6) is -0.774. The van der Waals surface area contributed by atoms with Crippen LogP contribution in [0.5, 0.6) is 0 Å². The number of anilines is 1. The lowest BCUT2D eigenvalue weighted by Gasteiger charge is -2.17. The van der Waals surface area contributed by atoms with Crippen molar-refractivity contribution in [1.82, 2.24) is 10.2 Å². The number of hydrogen-bond acceptors (Lipinski definition) is 5. The van der Waals surface area contributed by atoms with E-state index < -0.39 is 18.0 Å². The van der Waals surface area contributed by atoms with Gasteiger partial charge in [0, 0.05) is 11.1 Å². The summed E-state index contributed by atoms with van der Waals surface area (Å²) in [5, 5.41) is 10.2. The molecule has 7 nitrogen and oxygen atoms in total. The second-order valence-corrected chi connectivity index (χ2v) is 7.09. The van der Waals surface area contributed by atoms with Crippen LogP contribution in [-0.4, -0.2) is 28.2 Å². The van der Waals surface area contributed by atoms with E-state index in [9.17, 15) is 14.4 Å². The fourth-order valence-corrected chi connectivity index (χ4v) is 3.08. The van der Waals surface area contributed by atoms with E-state index in [0.29, 0.717) is 22.2 Å². The third kappa shape index (κ3) is 4.68. The number of carbonyl (C=O) groups is 2. The van der Waals surface area contributed by atoms with E-state index in [4.69, 9.17) is 4.74 Å². The summed E-state index contributed by atoms with van der Waals surface area (Å²) < 4.78 is 5.28. The average molecular weight is 393 g/mol. The number of nitrogens with zero attached hydrogens (tertiary/aromatic N) is 1. The molecule has 0 radical (unpaired) electrons. The van der Waals surface area contributed by atoms with Crippen LogP contribution in [0.1, 0.15) is 37.9 Å². The van der Waals surface area contributed by atoms with Gasteiger partial charge in [-0.1, -0.05) is 50.2 Å². The first-order valence-corrected chi connectivity index (χ1v) is 9.42. The lowest BCUT2D eigenvalue weighted by Crippen LogP contribution is -2.31. The Bertz CT molecular complexity index is 1100. The quantitative estimate of drug-likeness (QED) is 0.627. The zero-order valence-corrected chi connectivity index (χ0v) is 16.6. The number of H-pyrrole nitrogens is 1. The minimum atomic E-state index is -0.975. The normalized spacial score (nSPS) is 12.0. The van der Waals surface area contributed by atoms with Gasteiger partial charge in [0.25, 0.3) is 11.5 Å². The van der Waals surface area contributed by atoms with Crippen molar-refractivity contribution in [2.75, 3.05) is 5.32 Å². The third-order valence-corrected chi connectivity index (χ3v) is 4.60. The molecule has 1 amide bonds. The zero-order chi connectivity index (χ0) is 21.0. The first kappa shape index (κ1) is 20.3. The molecule has 0 aliphatic carbocycles. The maximum atomic E-state index is 12.5. The summed E-state index contributed by atoms with van der Waals surface area (Å²) in [7, 11) is 0. The van der Waals surface area contributed by atoms with Gasteiger partial charge in [-0.3, -0.25) is 14.4 Å². The Labute approximate surface area is 168 Å². The first-order chi connectivity index (χ1) is 13.9. The number of rotatable bonds is 6. The number of aromatic amines is 1. The standard InChI is InChI=1S/C22H23N3O4/c1-13(2)15-8-6-7-11-18(15)23-21(27)14(3)29-20(26)12-19-16-9-4-5-10-17(16)22(28)25-24-19/h4-11,13-14H,12H2,1-3H3,(H,23,27)(H,25,28)/t14-/m0/s1. The lowest BCUT2D eigenvalue weighted by atomic mass is 10.0. The van der Waals surface area contributed by atoms with Gasteiger partial charge in [-0.25, -0.2) is 5.10 Å². The maximum absolute atomic E-state index is 12.5. The summed E-state index contributed by atoms with van der Waals surface area (Å²) in [5.41, 5.74) is 1.77. The Hall–Kier alpha value is -3.48. The molecule has 0 saturated carbocycles. The van der Waals surface area contributed by atoms with Crippen molar-refractivity contribution in [3.63, 3.8) is 0 Å². The fourth-order valence-electron chi connectivity index (χ4n) is 3.08. The molecule has 150 valence electrons. The molecule has 2 N–H and O–H groups in total. The molecule has 2 aromatic carbocycles. The molecular formula is C22H23N3O4. The van der Waals surface area contributed by atoms with Crippen LogP contribution in [0.15, 0.2) is 53.3 Å². The van der Waals surface area contributed by atoms with Gasteiger partial charge in [-0.05, 0) is 30.5 Å². The third-order valence-electron chi connectivity index (χ3n) is 4.60. The van der Waals surface area contributed by atoms with E-state index in [1.54, 1.807) is 24.3 Å². The van der Waals surface area contributed by atoms with Crippen molar-refractivity contribution >= 4 is 28.3 Å². The zero-order valence-electron chi connectivity index (χ0n) is 16.6. The molecule has 0 saturated heterocycles. The molecule has 0 bridgehead atoms. The molecule has 0 unspecified atom stereocenters. The van der Waals surface area contributed by atoms with Gasteiger partial charge in [-0.2, -0.15) is 5.10 Å². The molecule has 0 aliphatic heterocycles. The van der Waals surface area contributed by atoms with Crippen molar-refractivity contribution in [3.8, 4) is 0 Å². The summed E-state index contributed by atoms with van der Waals surface area (Å²) in [6.07, 6.45) is -1.13. The van der Waals surface area contributed by atoms with Crippen LogP contribution in [0.3, 0.4) is 0 Å². The molecular weight excluding hydrogens is 370 g/mol. The Kier molecular flexibility index (Phi) is 6.07. The van der Waals surface area contributed by atoms with Crippen molar-refractivity contribution in [2.24, 2.45) is 0 Å². The number of amides is 1. The molecule has 1 aromatic heterocycles. The number of hydrogen-bond donors (Lipinski definition) is 2. The largest absolute Gasteiger partial charge is 0.452 e. The van der Waals surface area contributed by atoms with Crippen LogP contribution in [-0.2, 0) is 20.7 Å². The van der Waals surface area contributed by atoms with Crippen molar-refractivity contribution in [2.45, 2.75) is 39.2 Å². The first-order valence-electron chi connectivity index (χ1n) is 9.42. The highest BCUT2D eigenvalue weighted by Gasteiger charge is 2.20. The molecule has 3 aromatic rings. The van der Waals surface area contributed by atoms with Crippen LogP contribution >= 0.6 is 0 Å². The van der Waals surface area contributed by atoms with Gasteiger partial charge in [0.15, 0.2) is 6.10 Å². The van der Waals surface area contributed by atoms with Gasteiger partial charge in [-0.15, -0.1) is 0 Å².